The third-order valence-electron chi connectivity index (χ3n) is 2.57. The normalized spacial score (nSPS) is 14.2. The van der Waals surface area contributed by atoms with Gasteiger partial charge in [0.1, 0.15) is 5.82 Å². The molecule has 3 N–H and O–H groups in total. The number of nitrogens with zero attached hydrogens (tertiary/aromatic N) is 1. The number of anilines is 1. The Bertz CT molecular complexity index is 455. The summed E-state index contributed by atoms with van der Waals surface area (Å²) < 4.78 is 37.4. The molecule has 0 amide bonds. The second-order valence-corrected chi connectivity index (χ2v) is 6.37. The highest BCUT2D eigenvalue weighted by molar-refractivity contribution is 6.32. The Morgan fingerprint density at radius 2 is 1.95 bits per heavy atom. The van der Waals surface area contributed by atoms with Gasteiger partial charge >= 0.3 is 6.18 Å². The van der Waals surface area contributed by atoms with Crippen molar-refractivity contribution in [3.05, 3.63) is 22.8 Å². The van der Waals surface area contributed by atoms with Crippen molar-refractivity contribution in [1.29, 1.82) is 0 Å². The van der Waals surface area contributed by atoms with Gasteiger partial charge in [-0.1, -0.05) is 32.4 Å². The smallest absolute Gasteiger partial charge is 0.367 e. The summed E-state index contributed by atoms with van der Waals surface area (Å²) >= 11 is 5.79. The molecular weight excluding hydrogens is 291 g/mol. The molecule has 1 atom stereocenters. The molecule has 0 aromatic carbocycles. The number of halogens is 4. The maximum Gasteiger partial charge on any atom is 0.417 e. The third-order valence-corrected chi connectivity index (χ3v) is 2.86. The molecule has 3 nitrogen and oxygen atoms in total. The average Bonchev–Trinajstić information content (AvgIpc) is 2.23. The number of rotatable bonds is 4. The molecular formula is C13H19ClF3N3. The van der Waals surface area contributed by atoms with Crippen LogP contribution in [0.5, 0.6) is 0 Å². The van der Waals surface area contributed by atoms with E-state index in [0.29, 0.717) is 6.54 Å². The number of nitrogens with two attached hydrogens (primary N) is 1. The number of pyridine rings is 1. The van der Waals surface area contributed by atoms with Crippen molar-refractivity contribution < 1.29 is 13.2 Å². The van der Waals surface area contributed by atoms with Crippen LogP contribution < -0.4 is 11.1 Å². The van der Waals surface area contributed by atoms with Crippen LogP contribution >= 0.6 is 11.6 Å². The van der Waals surface area contributed by atoms with E-state index in [9.17, 15) is 13.2 Å². The van der Waals surface area contributed by atoms with Crippen molar-refractivity contribution in [1.82, 2.24) is 4.98 Å². The minimum absolute atomic E-state index is 0.0669. The molecule has 114 valence electrons. The van der Waals surface area contributed by atoms with Gasteiger partial charge in [-0.25, -0.2) is 4.98 Å². The number of hydrogen-bond acceptors (Lipinski definition) is 3. The molecule has 1 aromatic heterocycles. The van der Waals surface area contributed by atoms with Crippen LogP contribution in [-0.2, 0) is 6.18 Å². The van der Waals surface area contributed by atoms with Crippen LogP contribution in [0.1, 0.15) is 32.8 Å². The maximum absolute atomic E-state index is 12.5. The summed E-state index contributed by atoms with van der Waals surface area (Å²) in [5.74, 6) is 0.212. The van der Waals surface area contributed by atoms with Gasteiger partial charge < -0.3 is 11.1 Å². The molecule has 0 saturated heterocycles. The molecule has 0 fully saturated rings. The molecule has 0 radical (unpaired) electrons. The van der Waals surface area contributed by atoms with Crippen LogP contribution in [0.15, 0.2) is 12.3 Å². The van der Waals surface area contributed by atoms with Crippen LogP contribution in [0.3, 0.4) is 0 Å². The fourth-order valence-electron chi connectivity index (χ4n) is 1.81. The molecule has 0 saturated carbocycles. The zero-order valence-corrected chi connectivity index (χ0v) is 12.4. The third kappa shape index (κ3) is 5.54. The van der Waals surface area contributed by atoms with Crippen molar-refractivity contribution in [3.63, 3.8) is 0 Å². The molecule has 7 heteroatoms. The molecule has 0 aliphatic heterocycles. The first-order chi connectivity index (χ1) is 8.99. The van der Waals surface area contributed by atoms with E-state index in [1.165, 1.54) is 0 Å². The summed E-state index contributed by atoms with van der Waals surface area (Å²) in [4.78, 5) is 3.69. The van der Waals surface area contributed by atoms with E-state index in [4.69, 9.17) is 17.3 Å². The average molecular weight is 310 g/mol. The summed E-state index contributed by atoms with van der Waals surface area (Å²) in [7, 11) is 0. The SMILES string of the molecule is CC(C)(C)CC(N)CNc1ncc(C(F)(F)F)cc1Cl. The van der Waals surface area contributed by atoms with Crippen LogP contribution in [0.25, 0.3) is 0 Å². The Labute approximate surface area is 121 Å². The zero-order valence-electron chi connectivity index (χ0n) is 11.7. The number of aromatic nitrogens is 1. The molecule has 1 heterocycles. The Morgan fingerprint density at radius 1 is 1.35 bits per heavy atom. The van der Waals surface area contributed by atoms with E-state index >= 15 is 0 Å². The van der Waals surface area contributed by atoms with Crippen LogP contribution in [0.4, 0.5) is 19.0 Å². The first-order valence-corrected chi connectivity index (χ1v) is 6.59. The minimum Gasteiger partial charge on any atom is -0.367 e. The van der Waals surface area contributed by atoms with E-state index in [1.54, 1.807) is 0 Å². The molecule has 0 aliphatic rings. The van der Waals surface area contributed by atoms with Gasteiger partial charge in [-0.05, 0) is 17.9 Å². The Balaban J connectivity index is 2.66. The largest absolute Gasteiger partial charge is 0.417 e. The van der Waals surface area contributed by atoms with E-state index in [-0.39, 0.29) is 22.3 Å². The second kappa shape index (κ2) is 6.18. The van der Waals surface area contributed by atoms with Gasteiger partial charge in [0, 0.05) is 18.8 Å². The predicted octanol–water partition coefficient (Wildman–Crippen LogP) is 3.93. The standard InChI is InChI=1S/C13H19ClF3N3/c1-12(2,3)5-9(18)7-20-11-10(14)4-8(6-19-11)13(15,16)17/h4,6,9H,5,7,18H2,1-3H3,(H,19,20). The van der Waals surface area contributed by atoms with Crippen LogP contribution in [0, 0.1) is 5.41 Å². The van der Waals surface area contributed by atoms with Gasteiger partial charge in [0.05, 0.1) is 10.6 Å². The highest BCUT2D eigenvalue weighted by atomic mass is 35.5. The Hall–Kier alpha value is -1.01. The highest BCUT2D eigenvalue weighted by Gasteiger charge is 2.31. The monoisotopic (exact) mass is 309 g/mol. The highest BCUT2D eigenvalue weighted by Crippen LogP contribution is 2.32. The molecule has 1 aromatic rings. The van der Waals surface area contributed by atoms with Crippen molar-refractivity contribution in [3.8, 4) is 0 Å². The second-order valence-electron chi connectivity index (χ2n) is 5.96. The molecule has 0 spiro atoms. The van der Waals surface area contributed by atoms with E-state index < -0.39 is 11.7 Å². The number of nitrogens with one attached hydrogen (secondary N) is 1. The first kappa shape index (κ1) is 17.0. The number of hydrogen-bond donors (Lipinski definition) is 2. The van der Waals surface area contributed by atoms with Gasteiger partial charge in [-0.15, -0.1) is 0 Å². The van der Waals surface area contributed by atoms with Crippen molar-refractivity contribution in [2.45, 2.75) is 39.4 Å². The fraction of sp³-hybridized carbons (Fsp3) is 0.615. The Kier molecular flexibility index (Phi) is 5.27. The van der Waals surface area contributed by atoms with Gasteiger partial charge in [0.25, 0.3) is 0 Å². The molecule has 1 rings (SSSR count). The van der Waals surface area contributed by atoms with Crippen molar-refractivity contribution in [2.75, 3.05) is 11.9 Å². The van der Waals surface area contributed by atoms with Crippen molar-refractivity contribution >= 4 is 17.4 Å². The molecule has 0 bridgehead atoms. The van der Waals surface area contributed by atoms with Crippen LogP contribution in [0.2, 0.25) is 5.02 Å². The van der Waals surface area contributed by atoms with E-state index in [2.05, 4.69) is 31.1 Å². The topological polar surface area (TPSA) is 50.9 Å². The summed E-state index contributed by atoms with van der Waals surface area (Å²) in [6, 6.07) is 0.724. The Morgan fingerprint density at radius 3 is 2.40 bits per heavy atom. The summed E-state index contributed by atoms with van der Waals surface area (Å²) in [6.45, 7) is 6.60. The lowest BCUT2D eigenvalue weighted by atomic mass is 9.88. The summed E-state index contributed by atoms with van der Waals surface area (Å²) in [5, 5.41) is 2.81. The van der Waals surface area contributed by atoms with E-state index in [0.717, 1.165) is 18.7 Å². The van der Waals surface area contributed by atoms with Gasteiger partial charge in [0.2, 0.25) is 0 Å². The molecule has 20 heavy (non-hydrogen) atoms. The van der Waals surface area contributed by atoms with E-state index in [1.807, 2.05) is 0 Å². The quantitative estimate of drug-likeness (QED) is 0.886. The lowest BCUT2D eigenvalue weighted by molar-refractivity contribution is -0.137. The summed E-state index contributed by atoms with van der Waals surface area (Å²) in [5.41, 5.74) is 5.16. The van der Waals surface area contributed by atoms with Gasteiger partial charge in [0.15, 0.2) is 0 Å². The number of alkyl halides is 3. The molecule has 0 aliphatic carbocycles. The van der Waals surface area contributed by atoms with Gasteiger partial charge in [-0.3, -0.25) is 0 Å². The fourth-order valence-corrected chi connectivity index (χ4v) is 2.04. The predicted molar refractivity (Wildman–Crippen MR) is 74.8 cm³/mol. The van der Waals surface area contributed by atoms with Crippen LogP contribution in [-0.4, -0.2) is 17.6 Å². The lowest BCUT2D eigenvalue weighted by Gasteiger charge is -2.23. The molecule has 1 unspecified atom stereocenters. The minimum atomic E-state index is -4.45. The summed E-state index contributed by atoms with van der Waals surface area (Å²) in [6.07, 6.45) is -2.92. The zero-order chi connectivity index (χ0) is 15.6. The van der Waals surface area contributed by atoms with Gasteiger partial charge in [-0.2, -0.15) is 13.2 Å². The maximum atomic E-state index is 12.5. The lowest BCUT2D eigenvalue weighted by Crippen LogP contribution is -2.33. The van der Waals surface area contributed by atoms with Crippen molar-refractivity contribution in [2.24, 2.45) is 11.1 Å². The first-order valence-electron chi connectivity index (χ1n) is 6.21.